The molecule has 3 rings (SSSR count). The van der Waals surface area contributed by atoms with Crippen molar-refractivity contribution in [3.05, 3.63) is 35.4 Å². The topological polar surface area (TPSA) is 72.9 Å². The molecule has 6 nitrogen and oxygen atoms in total. The normalized spacial score (nSPS) is 23.5. The van der Waals surface area contributed by atoms with Crippen molar-refractivity contribution in [2.75, 3.05) is 0 Å². The number of halogens is 2. The van der Waals surface area contributed by atoms with Gasteiger partial charge in [0.15, 0.2) is 0 Å². The van der Waals surface area contributed by atoms with E-state index in [4.69, 9.17) is 4.84 Å². The van der Waals surface area contributed by atoms with Gasteiger partial charge in [0, 0.05) is 0 Å². The molecule has 0 spiro atoms. The molecular formula is C16H15F2NO5. The number of carbonyl (C=O) groups is 3. The summed E-state index contributed by atoms with van der Waals surface area (Å²) in [4.78, 5) is 41.4. The number of nitrogens with zero attached hydrogens (tertiary/aromatic N) is 1. The zero-order valence-corrected chi connectivity index (χ0v) is 12.6. The maximum atomic E-state index is 12.2. The molecular weight excluding hydrogens is 324 g/mol. The fourth-order valence-electron chi connectivity index (χ4n) is 2.99. The van der Waals surface area contributed by atoms with Gasteiger partial charge in [-0.3, -0.25) is 9.59 Å². The van der Waals surface area contributed by atoms with Crippen LogP contribution in [0.5, 0.6) is 0 Å². The summed E-state index contributed by atoms with van der Waals surface area (Å²) in [7, 11) is 0. The highest BCUT2D eigenvalue weighted by molar-refractivity contribution is 6.20. The van der Waals surface area contributed by atoms with E-state index in [-0.39, 0.29) is 11.1 Å². The van der Waals surface area contributed by atoms with E-state index >= 15 is 0 Å². The molecule has 1 saturated carbocycles. The first-order chi connectivity index (χ1) is 11.5. The van der Waals surface area contributed by atoms with E-state index in [1.807, 2.05) is 0 Å². The molecule has 0 saturated heterocycles. The molecule has 1 aliphatic heterocycles. The molecule has 2 aliphatic rings. The number of alkyl halides is 2. The van der Waals surface area contributed by atoms with Crippen molar-refractivity contribution in [3.63, 3.8) is 0 Å². The van der Waals surface area contributed by atoms with Crippen molar-refractivity contribution in [2.45, 2.75) is 38.4 Å². The van der Waals surface area contributed by atoms with Crippen molar-refractivity contribution in [1.82, 2.24) is 5.06 Å². The number of fused-ring (bicyclic) bond motifs is 1. The summed E-state index contributed by atoms with van der Waals surface area (Å²) in [5.41, 5.74) is 0.369. The Morgan fingerprint density at radius 1 is 1.04 bits per heavy atom. The maximum Gasteiger partial charge on any atom is 0.345 e. The average Bonchev–Trinajstić information content (AvgIpc) is 2.80. The first-order valence-corrected chi connectivity index (χ1v) is 7.60. The SMILES string of the molecule is O=C(ON1C(=O)c2ccccc2C1=O)C1CCC(OC(F)F)CC1. The highest BCUT2D eigenvalue weighted by atomic mass is 19.3. The van der Waals surface area contributed by atoms with Crippen LogP contribution < -0.4 is 0 Å². The van der Waals surface area contributed by atoms with Gasteiger partial charge in [-0.25, -0.2) is 4.79 Å². The van der Waals surface area contributed by atoms with Gasteiger partial charge in [0.1, 0.15) is 0 Å². The van der Waals surface area contributed by atoms with Crippen LogP contribution in [0.25, 0.3) is 0 Å². The smallest absolute Gasteiger partial charge is 0.329 e. The molecule has 8 heteroatoms. The number of hydroxylamine groups is 2. The molecule has 0 unspecified atom stereocenters. The third kappa shape index (κ3) is 3.14. The van der Waals surface area contributed by atoms with Gasteiger partial charge in [-0.15, -0.1) is 0 Å². The first-order valence-electron chi connectivity index (χ1n) is 7.60. The second-order valence-electron chi connectivity index (χ2n) is 5.73. The lowest BCUT2D eigenvalue weighted by molar-refractivity contribution is -0.183. The molecule has 0 aromatic heterocycles. The third-order valence-corrected chi connectivity index (χ3v) is 4.24. The van der Waals surface area contributed by atoms with Gasteiger partial charge in [-0.1, -0.05) is 17.2 Å². The Bertz CT molecular complexity index is 635. The fourth-order valence-corrected chi connectivity index (χ4v) is 2.99. The van der Waals surface area contributed by atoms with Gasteiger partial charge in [0.05, 0.1) is 23.1 Å². The van der Waals surface area contributed by atoms with E-state index < -0.39 is 36.4 Å². The van der Waals surface area contributed by atoms with E-state index in [1.54, 1.807) is 12.1 Å². The minimum atomic E-state index is -2.84. The van der Waals surface area contributed by atoms with Crippen LogP contribution in [0.4, 0.5) is 8.78 Å². The monoisotopic (exact) mass is 339 g/mol. The van der Waals surface area contributed by atoms with Crippen LogP contribution in [-0.2, 0) is 14.4 Å². The van der Waals surface area contributed by atoms with Crippen molar-refractivity contribution in [1.29, 1.82) is 0 Å². The van der Waals surface area contributed by atoms with Crippen LogP contribution in [0.15, 0.2) is 24.3 Å². The number of benzene rings is 1. The number of hydrogen-bond donors (Lipinski definition) is 0. The van der Waals surface area contributed by atoms with Crippen LogP contribution in [0.3, 0.4) is 0 Å². The summed E-state index contributed by atoms with van der Waals surface area (Å²) in [5, 5.41) is 0.467. The standard InChI is InChI=1S/C16H15F2NO5/c17-16(18)23-10-7-5-9(6-8-10)15(22)24-19-13(20)11-3-1-2-4-12(11)14(19)21/h1-4,9-10,16H,5-8H2. The van der Waals surface area contributed by atoms with Crippen molar-refractivity contribution >= 4 is 17.8 Å². The van der Waals surface area contributed by atoms with Crippen LogP contribution >= 0.6 is 0 Å². The number of ether oxygens (including phenoxy) is 1. The number of hydrogen-bond acceptors (Lipinski definition) is 5. The fraction of sp³-hybridized carbons (Fsp3) is 0.438. The Labute approximate surface area is 136 Å². The van der Waals surface area contributed by atoms with Gasteiger partial charge >= 0.3 is 12.6 Å². The molecule has 1 aromatic rings. The lowest BCUT2D eigenvalue weighted by atomic mass is 9.87. The minimum absolute atomic E-state index is 0.185. The summed E-state index contributed by atoms with van der Waals surface area (Å²) < 4.78 is 28.8. The predicted molar refractivity (Wildman–Crippen MR) is 75.9 cm³/mol. The molecule has 1 fully saturated rings. The molecule has 1 aromatic carbocycles. The van der Waals surface area contributed by atoms with E-state index in [0.717, 1.165) is 0 Å². The van der Waals surface area contributed by atoms with Crippen molar-refractivity contribution in [2.24, 2.45) is 5.92 Å². The zero-order valence-electron chi connectivity index (χ0n) is 12.6. The number of rotatable bonds is 4. The average molecular weight is 339 g/mol. The van der Waals surface area contributed by atoms with Gasteiger partial charge in [0.25, 0.3) is 11.8 Å². The lowest BCUT2D eigenvalue weighted by Crippen LogP contribution is -2.36. The predicted octanol–water partition coefficient (Wildman–Crippen LogP) is 2.54. The van der Waals surface area contributed by atoms with Crippen molar-refractivity contribution < 1.29 is 32.7 Å². The second-order valence-corrected chi connectivity index (χ2v) is 5.73. The van der Waals surface area contributed by atoms with Gasteiger partial charge in [-0.05, 0) is 37.8 Å². The van der Waals surface area contributed by atoms with E-state index in [2.05, 4.69) is 4.74 Å². The summed E-state index contributed by atoms with van der Waals surface area (Å²) in [6.07, 6.45) is 0.616. The highest BCUT2D eigenvalue weighted by Gasteiger charge is 2.40. The number of amides is 2. The van der Waals surface area contributed by atoms with Crippen LogP contribution in [0, 0.1) is 5.92 Å². The Kier molecular flexibility index (Phi) is 4.57. The Hall–Kier alpha value is -2.35. The highest BCUT2D eigenvalue weighted by Crippen LogP contribution is 2.30. The lowest BCUT2D eigenvalue weighted by Gasteiger charge is -2.27. The minimum Gasteiger partial charge on any atom is -0.329 e. The molecule has 0 radical (unpaired) electrons. The van der Waals surface area contributed by atoms with Crippen LogP contribution in [0.1, 0.15) is 46.4 Å². The molecule has 1 aliphatic carbocycles. The largest absolute Gasteiger partial charge is 0.345 e. The number of imide groups is 1. The summed E-state index contributed by atoms with van der Waals surface area (Å²) in [5.74, 6) is -2.62. The zero-order chi connectivity index (χ0) is 17.3. The summed E-state index contributed by atoms with van der Waals surface area (Å²) >= 11 is 0. The quantitative estimate of drug-likeness (QED) is 0.788. The molecule has 128 valence electrons. The Morgan fingerprint density at radius 3 is 2.08 bits per heavy atom. The maximum absolute atomic E-state index is 12.2. The first kappa shape index (κ1) is 16.5. The van der Waals surface area contributed by atoms with Crippen molar-refractivity contribution in [3.8, 4) is 0 Å². The van der Waals surface area contributed by atoms with E-state index in [1.165, 1.54) is 12.1 Å². The summed E-state index contributed by atoms with van der Waals surface area (Å²) in [6, 6.07) is 6.19. The molecule has 24 heavy (non-hydrogen) atoms. The van der Waals surface area contributed by atoms with Gasteiger partial charge in [-0.2, -0.15) is 8.78 Å². The van der Waals surface area contributed by atoms with Crippen LogP contribution in [0.2, 0.25) is 0 Å². The number of carbonyl (C=O) groups excluding carboxylic acids is 3. The third-order valence-electron chi connectivity index (χ3n) is 4.24. The van der Waals surface area contributed by atoms with E-state index in [9.17, 15) is 23.2 Å². The van der Waals surface area contributed by atoms with Gasteiger partial charge in [0.2, 0.25) is 0 Å². The Balaban J connectivity index is 1.59. The molecule has 0 atom stereocenters. The van der Waals surface area contributed by atoms with Crippen LogP contribution in [-0.4, -0.2) is 35.6 Å². The molecule has 0 N–H and O–H groups in total. The van der Waals surface area contributed by atoms with Gasteiger partial charge < -0.3 is 9.57 Å². The molecule has 1 heterocycles. The molecule has 0 bridgehead atoms. The Morgan fingerprint density at radius 2 is 1.58 bits per heavy atom. The second kappa shape index (κ2) is 6.64. The summed E-state index contributed by atoms with van der Waals surface area (Å²) in [6.45, 7) is -2.84. The van der Waals surface area contributed by atoms with E-state index in [0.29, 0.717) is 30.7 Å². The molecule has 2 amide bonds.